The Morgan fingerprint density at radius 2 is 1.64 bits per heavy atom. The molecule has 33 heavy (non-hydrogen) atoms. The van der Waals surface area contributed by atoms with Gasteiger partial charge in [0.2, 0.25) is 0 Å². The van der Waals surface area contributed by atoms with Gasteiger partial charge in [-0.3, -0.25) is 20.7 Å². The Morgan fingerprint density at radius 3 is 2.27 bits per heavy atom. The van der Waals surface area contributed by atoms with Crippen LogP contribution in [0.5, 0.6) is 5.75 Å². The molecule has 0 bridgehead atoms. The lowest BCUT2D eigenvalue weighted by molar-refractivity contribution is 0.414. The molecule has 0 amide bonds. The number of halogens is 1. The third-order valence-electron chi connectivity index (χ3n) is 5.50. The summed E-state index contributed by atoms with van der Waals surface area (Å²) in [4.78, 5) is 6.20. The summed E-state index contributed by atoms with van der Waals surface area (Å²) in [6, 6.07) is 23.0. The molecule has 3 aromatic rings. The van der Waals surface area contributed by atoms with Gasteiger partial charge in [-0.15, -0.1) is 0 Å². The lowest BCUT2D eigenvalue weighted by Gasteiger charge is -2.27. The molecule has 0 unspecified atom stereocenters. The van der Waals surface area contributed by atoms with E-state index in [0.717, 1.165) is 35.4 Å². The average molecular weight is 461 g/mol. The van der Waals surface area contributed by atoms with Crippen LogP contribution >= 0.6 is 11.6 Å². The molecule has 0 atom stereocenters. The molecule has 0 aliphatic heterocycles. The van der Waals surface area contributed by atoms with Crippen LogP contribution < -0.4 is 9.64 Å². The molecule has 170 valence electrons. The molecule has 0 saturated carbocycles. The van der Waals surface area contributed by atoms with Gasteiger partial charge in [0.05, 0.1) is 18.5 Å². The Kier molecular flexibility index (Phi) is 8.39. The van der Waals surface area contributed by atoms with Gasteiger partial charge < -0.3 is 4.74 Å². The van der Waals surface area contributed by atoms with E-state index in [0.29, 0.717) is 28.8 Å². The van der Waals surface area contributed by atoms with Crippen molar-refractivity contribution in [2.24, 2.45) is 4.99 Å². The fraction of sp³-hybridized carbons (Fsp3) is 0.222. The number of aryl methyl sites for hydroxylation is 1. The zero-order chi connectivity index (χ0) is 23.8. The highest BCUT2D eigenvalue weighted by Gasteiger charge is 2.20. The van der Waals surface area contributed by atoms with Crippen LogP contribution in [0.3, 0.4) is 0 Å². The second kappa shape index (κ2) is 11.4. The van der Waals surface area contributed by atoms with E-state index in [1.807, 2.05) is 60.4 Å². The van der Waals surface area contributed by atoms with E-state index in [9.17, 15) is 0 Å². The van der Waals surface area contributed by atoms with Crippen molar-refractivity contribution in [1.82, 2.24) is 0 Å². The molecule has 2 N–H and O–H groups in total. The molecule has 0 saturated heterocycles. The normalized spacial score (nSPS) is 11.2. The van der Waals surface area contributed by atoms with Gasteiger partial charge >= 0.3 is 0 Å². The van der Waals surface area contributed by atoms with Gasteiger partial charge in [0.25, 0.3) is 0 Å². The maximum Gasteiger partial charge on any atom is 0.118 e. The monoisotopic (exact) mass is 460 g/mol. The van der Waals surface area contributed by atoms with Crippen LogP contribution in [-0.2, 0) is 6.42 Å². The van der Waals surface area contributed by atoms with Gasteiger partial charge in [-0.1, -0.05) is 54.1 Å². The van der Waals surface area contributed by atoms with Crippen molar-refractivity contribution in [1.29, 1.82) is 10.8 Å². The standard InChI is InChI=1S/C27H29ClN4O/c1-19(31-2)32(26(29)10-6-7-20-11-17-23(33-3)18-12-20)25-9-5-4-8-24(25)27(30)21-13-15-22(28)16-14-21/h4-5,8-9,11-18,29-30H,6-7,10H2,1-3H3. The number of hydrogen-bond acceptors (Lipinski definition) is 4. The number of para-hydroxylation sites is 1. The predicted molar refractivity (Wildman–Crippen MR) is 139 cm³/mol. The van der Waals surface area contributed by atoms with E-state index in [1.54, 1.807) is 26.3 Å². The third kappa shape index (κ3) is 6.08. The lowest BCUT2D eigenvalue weighted by Crippen LogP contribution is -2.36. The maximum atomic E-state index is 8.85. The van der Waals surface area contributed by atoms with E-state index >= 15 is 0 Å². The van der Waals surface area contributed by atoms with Gasteiger partial charge in [-0.2, -0.15) is 0 Å². The minimum atomic E-state index is 0.377. The topological polar surface area (TPSA) is 72.5 Å². The zero-order valence-corrected chi connectivity index (χ0v) is 20.0. The molecule has 3 rings (SSSR count). The van der Waals surface area contributed by atoms with Crippen molar-refractivity contribution in [3.8, 4) is 5.75 Å². The molecule has 0 aliphatic rings. The number of hydrogen-bond donors (Lipinski definition) is 2. The van der Waals surface area contributed by atoms with Crippen LogP contribution in [0, 0.1) is 10.8 Å². The molecule has 0 aromatic heterocycles. The van der Waals surface area contributed by atoms with Crippen molar-refractivity contribution < 1.29 is 4.74 Å². The van der Waals surface area contributed by atoms with Crippen LogP contribution in [-0.4, -0.2) is 31.5 Å². The fourth-order valence-electron chi connectivity index (χ4n) is 3.63. The summed E-state index contributed by atoms with van der Waals surface area (Å²) in [7, 11) is 3.38. The summed E-state index contributed by atoms with van der Waals surface area (Å²) >= 11 is 6.03. The van der Waals surface area contributed by atoms with Crippen LogP contribution in [0.15, 0.2) is 77.8 Å². The summed E-state index contributed by atoms with van der Waals surface area (Å²) in [5.41, 5.74) is 3.87. The van der Waals surface area contributed by atoms with Crippen molar-refractivity contribution >= 4 is 34.7 Å². The van der Waals surface area contributed by atoms with Gasteiger partial charge in [0.15, 0.2) is 0 Å². The van der Waals surface area contributed by atoms with E-state index in [4.69, 9.17) is 27.2 Å². The number of nitrogens with one attached hydrogen (secondary N) is 2. The van der Waals surface area contributed by atoms with Crippen molar-refractivity contribution in [2.45, 2.75) is 26.2 Å². The SMILES string of the molecule is CN=C(C)N(C(=N)CCCc1ccc(OC)cc1)c1ccccc1C(=N)c1ccc(Cl)cc1. The van der Waals surface area contributed by atoms with Crippen molar-refractivity contribution in [3.63, 3.8) is 0 Å². The van der Waals surface area contributed by atoms with E-state index in [-0.39, 0.29) is 0 Å². The highest BCUT2D eigenvalue weighted by Crippen LogP contribution is 2.26. The first-order chi connectivity index (χ1) is 15.9. The van der Waals surface area contributed by atoms with Crippen molar-refractivity contribution in [3.05, 3.63) is 94.5 Å². The smallest absolute Gasteiger partial charge is 0.118 e. The molecule has 0 aliphatic carbocycles. The van der Waals surface area contributed by atoms with Crippen molar-refractivity contribution in [2.75, 3.05) is 19.1 Å². The van der Waals surface area contributed by atoms with Gasteiger partial charge in [0.1, 0.15) is 17.4 Å². The summed E-state index contributed by atoms with van der Waals surface area (Å²) < 4.78 is 5.22. The molecule has 0 fully saturated rings. The summed E-state index contributed by atoms with van der Waals surface area (Å²) in [6.07, 6.45) is 2.28. The molecule has 3 aromatic carbocycles. The summed E-state index contributed by atoms with van der Waals surface area (Å²) in [5.74, 6) is 2.00. The number of anilines is 1. The number of benzene rings is 3. The highest BCUT2D eigenvalue weighted by molar-refractivity contribution is 6.30. The molecule has 0 spiro atoms. The Balaban J connectivity index is 1.81. The third-order valence-corrected chi connectivity index (χ3v) is 5.75. The number of methoxy groups -OCH3 is 1. The van der Waals surface area contributed by atoms with Crippen LogP contribution in [0.1, 0.15) is 36.5 Å². The molecule has 0 radical (unpaired) electrons. The van der Waals surface area contributed by atoms with Crippen LogP contribution in [0.2, 0.25) is 5.02 Å². The summed E-state index contributed by atoms with van der Waals surface area (Å²) in [6.45, 7) is 1.89. The molecule has 0 heterocycles. The number of aliphatic imine (C=N–C) groups is 1. The predicted octanol–water partition coefficient (Wildman–Crippen LogP) is 6.62. The summed E-state index contributed by atoms with van der Waals surface area (Å²) in [5, 5.41) is 18.3. The largest absolute Gasteiger partial charge is 0.497 e. The Hall–Kier alpha value is -3.44. The molecular formula is C27H29ClN4O. The van der Waals surface area contributed by atoms with Crippen LogP contribution in [0.25, 0.3) is 0 Å². The van der Waals surface area contributed by atoms with E-state index in [1.165, 1.54) is 5.56 Å². The first-order valence-electron chi connectivity index (χ1n) is 10.8. The first kappa shape index (κ1) is 24.2. The number of ether oxygens (including phenoxy) is 1. The quantitative estimate of drug-likeness (QED) is 0.293. The van der Waals surface area contributed by atoms with Crippen LogP contribution in [0.4, 0.5) is 5.69 Å². The second-order valence-electron chi connectivity index (χ2n) is 7.65. The number of rotatable bonds is 8. The maximum absolute atomic E-state index is 8.85. The number of amidine groups is 2. The Bertz CT molecular complexity index is 1140. The Morgan fingerprint density at radius 1 is 0.970 bits per heavy atom. The van der Waals surface area contributed by atoms with Gasteiger partial charge in [-0.25, -0.2) is 0 Å². The first-order valence-corrected chi connectivity index (χ1v) is 11.2. The minimum absolute atomic E-state index is 0.377. The highest BCUT2D eigenvalue weighted by atomic mass is 35.5. The lowest BCUT2D eigenvalue weighted by atomic mass is 9.99. The fourth-order valence-corrected chi connectivity index (χ4v) is 3.76. The number of nitrogens with zero attached hydrogens (tertiary/aromatic N) is 2. The van der Waals surface area contributed by atoms with Gasteiger partial charge in [0, 0.05) is 29.6 Å². The second-order valence-corrected chi connectivity index (χ2v) is 8.09. The minimum Gasteiger partial charge on any atom is -0.497 e. The zero-order valence-electron chi connectivity index (χ0n) is 19.2. The van der Waals surface area contributed by atoms with Gasteiger partial charge in [-0.05, 0) is 55.7 Å². The van der Waals surface area contributed by atoms with E-state index < -0.39 is 0 Å². The molecular weight excluding hydrogens is 432 g/mol. The molecule has 6 heteroatoms. The average Bonchev–Trinajstić information content (AvgIpc) is 2.85. The van der Waals surface area contributed by atoms with E-state index in [2.05, 4.69) is 17.1 Å². The molecule has 5 nitrogen and oxygen atoms in total. The Labute approximate surface area is 200 Å².